The summed E-state index contributed by atoms with van der Waals surface area (Å²) in [5.41, 5.74) is 2.19. The molecule has 1 saturated heterocycles. The molecular formula is C21H24N4OS2. The molecule has 146 valence electrons. The molecule has 1 fully saturated rings. The molecule has 1 aromatic carbocycles. The lowest BCUT2D eigenvalue weighted by Gasteiger charge is -2.31. The third-order valence-electron chi connectivity index (χ3n) is 5.09. The summed E-state index contributed by atoms with van der Waals surface area (Å²) in [7, 11) is 0. The van der Waals surface area contributed by atoms with E-state index in [2.05, 4.69) is 45.7 Å². The lowest BCUT2D eigenvalue weighted by Crippen LogP contribution is -2.43. The van der Waals surface area contributed by atoms with Gasteiger partial charge in [0.2, 0.25) is 5.91 Å². The van der Waals surface area contributed by atoms with Gasteiger partial charge in [0, 0.05) is 30.7 Å². The molecule has 2 aromatic heterocycles. The predicted octanol–water partition coefficient (Wildman–Crippen LogP) is 3.99. The van der Waals surface area contributed by atoms with Crippen LogP contribution in [0.2, 0.25) is 0 Å². The Balaban J connectivity index is 1.31. The summed E-state index contributed by atoms with van der Waals surface area (Å²) in [6, 6.07) is 12.4. The zero-order chi connectivity index (χ0) is 19.3. The molecule has 5 nitrogen and oxygen atoms in total. The summed E-state index contributed by atoms with van der Waals surface area (Å²) < 4.78 is 0. The van der Waals surface area contributed by atoms with E-state index in [0.29, 0.717) is 6.54 Å². The summed E-state index contributed by atoms with van der Waals surface area (Å²) in [4.78, 5) is 26.2. The number of fused-ring (bicyclic) bond motifs is 1. The van der Waals surface area contributed by atoms with Crippen LogP contribution in [0.3, 0.4) is 0 Å². The molecule has 1 aliphatic heterocycles. The normalized spacial score (nSPS) is 17.0. The van der Waals surface area contributed by atoms with Gasteiger partial charge in [-0.1, -0.05) is 23.5 Å². The smallest absolute Gasteiger partial charge is 0.224 e. The van der Waals surface area contributed by atoms with Crippen LogP contribution in [-0.2, 0) is 11.2 Å². The number of hydrogen-bond donors (Lipinski definition) is 1. The van der Waals surface area contributed by atoms with Gasteiger partial charge in [-0.25, -0.2) is 9.97 Å². The number of aromatic nitrogens is 2. The Morgan fingerprint density at radius 2 is 2.18 bits per heavy atom. The maximum Gasteiger partial charge on any atom is 0.224 e. The first-order valence-electron chi connectivity index (χ1n) is 9.60. The van der Waals surface area contributed by atoms with E-state index in [9.17, 15) is 4.79 Å². The largest absolute Gasteiger partial charge is 0.355 e. The summed E-state index contributed by atoms with van der Waals surface area (Å²) in [6.07, 6.45) is 6.69. The van der Waals surface area contributed by atoms with Crippen molar-refractivity contribution in [3.63, 3.8) is 0 Å². The third-order valence-corrected chi connectivity index (χ3v) is 6.87. The second-order valence-corrected chi connectivity index (χ2v) is 8.83. The summed E-state index contributed by atoms with van der Waals surface area (Å²) in [5, 5.41) is 4.10. The maximum absolute atomic E-state index is 12.7. The third kappa shape index (κ3) is 4.47. The second kappa shape index (κ2) is 8.92. The highest BCUT2D eigenvalue weighted by molar-refractivity contribution is 7.98. The highest BCUT2D eigenvalue weighted by Crippen LogP contribution is 2.30. The zero-order valence-electron chi connectivity index (χ0n) is 15.9. The lowest BCUT2D eigenvalue weighted by atomic mass is 9.97. The molecule has 3 heterocycles. The Morgan fingerprint density at radius 3 is 2.96 bits per heavy atom. The minimum atomic E-state index is 0.0209. The molecule has 4 rings (SSSR count). The Morgan fingerprint density at radius 1 is 1.32 bits per heavy atom. The molecule has 1 aliphatic rings. The van der Waals surface area contributed by atoms with Gasteiger partial charge in [0.25, 0.3) is 0 Å². The van der Waals surface area contributed by atoms with E-state index < -0.39 is 0 Å². The monoisotopic (exact) mass is 412 g/mol. The van der Waals surface area contributed by atoms with Crippen molar-refractivity contribution >= 4 is 44.5 Å². The van der Waals surface area contributed by atoms with Gasteiger partial charge in [-0.3, -0.25) is 4.79 Å². The summed E-state index contributed by atoms with van der Waals surface area (Å²) in [5.74, 6) is 0.178. The number of anilines is 1. The second-order valence-electron chi connectivity index (χ2n) is 7.00. The summed E-state index contributed by atoms with van der Waals surface area (Å²) >= 11 is 3.35. The van der Waals surface area contributed by atoms with Crippen molar-refractivity contribution in [2.45, 2.75) is 24.2 Å². The number of benzene rings is 1. The van der Waals surface area contributed by atoms with E-state index in [1.54, 1.807) is 29.3 Å². The first-order chi connectivity index (χ1) is 13.7. The molecule has 28 heavy (non-hydrogen) atoms. The molecule has 0 aliphatic carbocycles. The molecular weight excluding hydrogens is 388 g/mol. The van der Waals surface area contributed by atoms with Crippen molar-refractivity contribution in [3.05, 3.63) is 48.2 Å². The zero-order valence-corrected chi connectivity index (χ0v) is 17.6. The molecule has 1 atom stereocenters. The van der Waals surface area contributed by atoms with Crippen LogP contribution in [-0.4, -0.2) is 41.8 Å². The van der Waals surface area contributed by atoms with Crippen molar-refractivity contribution < 1.29 is 4.79 Å². The van der Waals surface area contributed by atoms with Gasteiger partial charge in [0.1, 0.15) is 10.3 Å². The molecule has 7 heteroatoms. The maximum atomic E-state index is 12.7. The number of hydrogen-bond acceptors (Lipinski definition) is 6. The van der Waals surface area contributed by atoms with Crippen LogP contribution in [0.15, 0.2) is 47.5 Å². The molecule has 0 bridgehead atoms. The lowest BCUT2D eigenvalue weighted by molar-refractivity contribution is -0.125. The standard InChI is InChI=1S/C21H24N4OS2/c1-27-17-8-6-15(7-9-17)10-12-22-19(26)16-4-3-13-25(14-16)21-24-18-5-2-11-23-20(18)28-21/h2,5-9,11,16H,3-4,10,12-14H2,1H3,(H,22,26)/t16-/m0/s1. The SMILES string of the molecule is CSc1ccc(CCNC(=O)[C@H]2CCCN(c3nc4cccnc4s3)C2)cc1. The Hall–Kier alpha value is -2.12. The van der Waals surface area contributed by atoms with Crippen molar-refractivity contribution in [2.75, 3.05) is 30.8 Å². The number of nitrogens with zero attached hydrogens (tertiary/aromatic N) is 3. The fraction of sp³-hybridized carbons (Fsp3) is 0.381. The van der Waals surface area contributed by atoms with Crippen LogP contribution in [0.5, 0.6) is 0 Å². The van der Waals surface area contributed by atoms with Crippen LogP contribution in [0, 0.1) is 5.92 Å². The van der Waals surface area contributed by atoms with Gasteiger partial charge in [0.15, 0.2) is 5.13 Å². The van der Waals surface area contributed by atoms with Gasteiger partial charge >= 0.3 is 0 Å². The van der Waals surface area contributed by atoms with E-state index in [1.165, 1.54) is 10.5 Å². The number of rotatable bonds is 6. The Kier molecular flexibility index (Phi) is 6.12. The quantitative estimate of drug-likeness (QED) is 0.621. The fourth-order valence-corrected chi connectivity index (χ4v) is 4.88. The first kappa shape index (κ1) is 19.2. The van der Waals surface area contributed by atoms with E-state index in [-0.39, 0.29) is 11.8 Å². The number of thiazole rings is 1. The summed E-state index contributed by atoms with van der Waals surface area (Å²) in [6.45, 7) is 2.36. The molecule has 0 saturated carbocycles. The highest BCUT2D eigenvalue weighted by Gasteiger charge is 2.27. The number of thioether (sulfide) groups is 1. The van der Waals surface area contributed by atoms with Crippen molar-refractivity contribution in [1.82, 2.24) is 15.3 Å². The molecule has 3 aromatic rings. The van der Waals surface area contributed by atoms with Gasteiger partial charge < -0.3 is 10.2 Å². The average Bonchev–Trinajstić information content (AvgIpc) is 3.19. The van der Waals surface area contributed by atoms with E-state index >= 15 is 0 Å². The van der Waals surface area contributed by atoms with Crippen LogP contribution < -0.4 is 10.2 Å². The Labute approximate surface area is 173 Å². The molecule has 0 unspecified atom stereocenters. The van der Waals surface area contributed by atoms with Gasteiger partial charge in [-0.2, -0.15) is 0 Å². The van der Waals surface area contributed by atoms with E-state index in [1.807, 2.05) is 12.1 Å². The van der Waals surface area contributed by atoms with Crippen molar-refractivity contribution in [2.24, 2.45) is 5.92 Å². The minimum absolute atomic E-state index is 0.0209. The molecule has 0 spiro atoms. The van der Waals surface area contributed by atoms with E-state index in [4.69, 9.17) is 4.98 Å². The number of amides is 1. The molecule has 1 amide bonds. The van der Waals surface area contributed by atoms with Crippen molar-refractivity contribution in [3.8, 4) is 0 Å². The van der Waals surface area contributed by atoms with Crippen LogP contribution in [0.4, 0.5) is 5.13 Å². The molecule has 0 radical (unpaired) electrons. The number of piperidine rings is 1. The van der Waals surface area contributed by atoms with Gasteiger partial charge in [-0.05, 0) is 55.3 Å². The van der Waals surface area contributed by atoms with E-state index in [0.717, 1.165) is 47.8 Å². The first-order valence-corrected chi connectivity index (χ1v) is 11.6. The van der Waals surface area contributed by atoms with Crippen LogP contribution in [0.1, 0.15) is 18.4 Å². The minimum Gasteiger partial charge on any atom is -0.355 e. The van der Waals surface area contributed by atoms with Gasteiger partial charge in [0.05, 0.1) is 5.92 Å². The predicted molar refractivity (Wildman–Crippen MR) is 117 cm³/mol. The van der Waals surface area contributed by atoms with Crippen molar-refractivity contribution in [1.29, 1.82) is 0 Å². The van der Waals surface area contributed by atoms with Crippen LogP contribution >= 0.6 is 23.1 Å². The number of carbonyl (C=O) groups excluding carboxylic acids is 1. The highest BCUT2D eigenvalue weighted by atomic mass is 32.2. The number of nitrogens with one attached hydrogen (secondary N) is 1. The number of carbonyl (C=O) groups is 1. The van der Waals surface area contributed by atoms with Crippen LogP contribution in [0.25, 0.3) is 10.3 Å². The molecule has 1 N–H and O–H groups in total. The number of pyridine rings is 1. The average molecular weight is 413 g/mol. The fourth-order valence-electron chi connectivity index (χ4n) is 3.53. The topological polar surface area (TPSA) is 58.1 Å². The Bertz CT molecular complexity index is 908. The van der Waals surface area contributed by atoms with Gasteiger partial charge in [-0.15, -0.1) is 11.8 Å².